The van der Waals surface area contributed by atoms with Gasteiger partial charge in [-0.2, -0.15) is 0 Å². The molecule has 0 bridgehead atoms. The van der Waals surface area contributed by atoms with E-state index in [4.69, 9.17) is 0 Å². The number of thiazole rings is 1. The Labute approximate surface area is 170 Å². The molecular formula is C21H29FN4OS. The molecule has 28 heavy (non-hydrogen) atoms. The summed E-state index contributed by atoms with van der Waals surface area (Å²) in [7, 11) is 1.87. The Morgan fingerprint density at radius 2 is 2.11 bits per heavy atom. The summed E-state index contributed by atoms with van der Waals surface area (Å²) in [6.07, 6.45) is 2.58. The van der Waals surface area contributed by atoms with E-state index in [1.54, 1.807) is 23.5 Å². The van der Waals surface area contributed by atoms with Gasteiger partial charge in [-0.1, -0.05) is 12.1 Å². The fourth-order valence-corrected chi connectivity index (χ4v) is 4.22. The van der Waals surface area contributed by atoms with Gasteiger partial charge in [-0.15, -0.1) is 11.3 Å². The van der Waals surface area contributed by atoms with Crippen molar-refractivity contribution in [1.29, 1.82) is 0 Å². The minimum absolute atomic E-state index is 0.0951. The maximum atomic E-state index is 13.8. The number of halogens is 1. The molecule has 7 heteroatoms. The predicted octanol–water partition coefficient (Wildman–Crippen LogP) is 3.45. The number of para-hydroxylation sites is 1. The van der Waals surface area contributed by atoms with Crippen molar-refractivity contribution in [2.75, 3.05) is 38.1 Å². The van der Waals surface area contributed by atoms with Gasteiger partial charge >= 0.3 is 0 Å². The number of nitrogens with zero attached hydrogens (tertiary/aromatic N) is 3. The summed E-state index contributed by atoms with van der Waals surface area (Å²) in [6, 6.07) is 6.76. The first-order valence-corrected chi connectivity index (χ1v) is 10.8. The molecule has 0 aliphatic carbocycles. The number of piperidine rings is 1. The molecule has 1 aromatic heterocycles. The number of carbonyl (C=O) groups excluding carboxylic acids is 1. The Hall–Kier alpha value is -1.99. The summed E-state index contributed by atoms with van der Waals surface area (Å²) in [6.45, 7) is 6.10. The van der Waals surface area contributed by atoms with Crippen molar-refractivity contribution in [3.8, 4) is 0 Å². The van der Waals surface area contributed by atoms with E-state index in [1.807, 2.05) is 24.9 Å². The van der Waals surface area contributed by atoms with Crippen molar-refractivity contribution in [2.45, 2.75) is 32.7 Å². The van der Waals surface area contributed by atoms with E-state index in [0.29, 0.717) is 18.8 Å². The van der Waals surface area contributed by atoms with Crippen LogP contribution in [0.15, 0.2) is 29.6 Å². The van der Waals surface area contributed by atoms with E-state index >= 15 is 0 Å². The number of amides is 1. The van der Waals surface area contributed by atoms with Gasteiger partial charge in [-0.05, 0) is 51.4 Å². The van der Waals surface area contributed by atoms with Crippen LogP contribution in [0.25, 0.3) is 0 Å². The summed E-state index contributed by atoms with van der Waals surface area (Å²) in [5.74, 6) is 0.0315. The standard InChI is InChI=1S/C21H29FN4OS/c1-16-24-18(15-28-16)14-26-12-8-17(9-13-26)21(27)23-10-5-11-25(2)20-7-4-3-6-19(20)22/h3-4,6-7,15,17H,5,8-14H2,1-2H3,(H,23,27). The van der Waals surface area contributed by atoms with Gasteiger partial charge in [0.15, 0.2) is 0 Å². The van der Waals surface area contributed by atoms with E-state index < -0.39 is 0 Å². The third-order valence-electron chi connectivity index (χ3n) is 5.24. The van der Waals surface area contributed by atoms with Gasteiger partial charge in [-0.3, -0.25) is 9.69 Å². The second-order valence-electron chi connectivity index (χ2n) is 7.43. The normalized spacial score (nSPS) is 15.5. The number of hydrogen-bond donors (Lipinski definition) is 1. The molecule has 0 unspecified atom stereocenters. The van der Waals surface area contributed by atoms with Gasteiger partial charge < -0.3 is 10.2 Å². The van der Waals surface area contributed by atoms with E-state index in [0.717, 1.165) is 49.6 Å². The highest BCUT2D eigenvalue weighted by atomic mass is 32.1. The molecule has 2 heterocycles. The largest absolute Gasteiger partial charge is 0.372 e. The quantitative estimate of drug-likeness (QED) is 0.685. The Bertz CT molecular complexity index is 773. The van der Waals surface area contributed by atoms with Crippen molar-refractivity contribution in [3.63, 3.8) is 0 Å². The molecule has 0 spiro atoms. The summed E-state index contributed by atoms with van der Waals surface area (Å²) < 4.78 is 13.8. The van der Waals surface area contributed by atoms with Crippen molar-refractivity contribution >= 4 is 22.9 Å². The van der Waals surface area contributed by atoms with Crippen molar-refractivity contribution in [2.24, 2.45) is 5.92 Å². The number of nitrogens with one attached hydrogen (secondary N) is 1. The summed E-state index contributed by atoms with van der Waals surface area (Å²) in [5, 5.41) is 6.27. The van der Waals surface area contributed by atoms with Crippen LogP contribution in [0.1, 0.15) is 30.0 Å². The average molecular weight is 405 g/mol. The van der Waals surface area contributed by atoms with Gasteiger partial charge in [0.2, 0.25) is 5.91 Å². The lowest BCUT2D eigenvalue weighted by Crippen LogP contribution is -2.40. The van der Waals surface area contributed by atoms with Gasteiger partial charge in [-0.25, -0.2) is 9.37 Å². The average Bonchev–Trinajstić information content (AvgIpc) is 3.10. The molecule has 1 aliphatic rings. The van der Waals surface area contributed by atoms with E-state index in [-0.39, 0.29) is 17.6 Å². The van der Waals surface area contributed by atoms with Crippen LogP contribution in [0.2, 0.25) is 0 Å². The number of hydrogen-bond acceptors (Lipinski definition) is 5. The molecule has 152 valence electrons. The van der Waals surface area contributed by atoms with Crippen LogP contribution >= 0.6 is 11.3 Å². The lowest BCUT2D eigenvalue weighted by atomic mass is 9.96. The topological polar surface area (TPSA) is 48.5 Å². The van der Waals surface area contributed by atoms with E-state index in [1.165, 1.54) is 6.07 Å². The molecule has 1 fully saturated rings. The number of anilines is 1. The van der Waals surface area contributed by atoms with Crippen LogP contribution in [0.4, 0.5) is 10.1 Å². The molecule has 1 N–H and O–H groups in total. The second-order valence-corrected chi connectivity index (χ2v) is 8.49. The minimum Gasteiger partial charge on any atom is -0.372 e. The van der Waals surface area contributed by atoms with E-state index in [2.05, 4.69) is 20.6 Å². The Balaban J connectivity index is 1.33. The van der Waals surface area contributed by atoms with Crippen molar-refractivity contribution in [3.05, 3.63) is 46.2 Å². The summed E-state index contributed by atoms with van der Waals surface area (Å²) in [4.78, 5) is 21.2. The van der Waals surface area contributed by atoms with E-state index in [9.17, 15) is 9.18 Å². The Morgan fingerprint density at radius 1 is 1.36 bits per heavy atom. The highest BCUT2D eigenvalue weighted by Crippen LogP contribution is 2.20. The number of aromatic nitrogens is 1. The van der Waals surface area contributed by atoms with Gasteiger partial charge in [0, 0.05) is 38.0 Å². The van der Waals surface area contributed by atoms with Crippen LogP contribution in [-0.2, 0) is 11.3 Å². The zero-order valence-electron chi connectivity index (χ0n) is 16.7. The highest BCUT2D eigenvalue weighted by molar-refractivity contribution is 7.09. The fourth-order valence-electron chi connectivity index (χ4n) is 3.62. The van der Waals surface area contributed by atoms with Gasteiger partial charge in [0.25, 0.3) is 0 Å². The molecule has 1 aromatic carbocycles. The lowest BCUT2D eigenvalue weighted by Gasteiger charge is -2.30. The Morgan fingerprint density at radius 3 is 2.79 bits per heavy atom. The lowest BCUT2D eigenvalue weighted by molar-refractivity contribution is -0.126. The van der Waals surface area contributed by atoms with Crippen LogP contribution in [0.5, 0.6) is 0 Å². The zero-order chi connectivity index (χ0) is 19.9. The van der Waals surface area contributed by atoms with Crippen LogP contribution < -0.4 is 10.2 Å². The first-order chi connectivity index (χ1) is 13.5. The predicted molar refractivity (Wildman–Crippen MR) is 112 cm³/mol. The third-order valence-corrected chi connectivity index (χ3v) is 6.07. The second kappa shape index (κ2) is 9.98. The first kappa shape index (κ1) is 20.7. The molecule has 0 saturated carbocycles. The number of carbonyl (C=O) groups is 1. The Kier molecular flexibility index (Phi) is 7.39. The molecule has 3 rings (SSSR count). The number of benzene rings is 1. The molecule has 1 saturated heterocycles. The monoisotopic (exact) mass is 404 g/mol. The summed E-state index contributed by atoms with van der Waals surface area (Å²) in [5.41, 5.74) is 1.72. The van der Waals surface area contributed by atoms with Crippen LogP contribution in [0, 0.1) is 18.7 Å². The van der Waals surface area contributed by atoms with Gasteiger partial charge in [0.05, 0.1) is 16.4 Å². The SMILES string of the molecule is Cc1nc(CN2CCC(C(=O)NCCCN(C)c3ccccc3F)CC2)cs1. The van der Waals surface area contributed by atoms with Crippen LogP contribution in [0.3, 0.4) is 0 Å². The maximum Gasteiger partial charge on any atom is 0.223 e. The van der Waals surface area contributed by atoms with Crippen molar-refractivity contribution < 1.29 is 9.18 Å². The molecule has 1 aliphatic heterocycles. The number of likely N-dealkylation sites (tertiary alicyclic amines) is 1. The minimum atomic E-state index is -0.214. The van der Waals surface area contributed by atoms with Crippen molar-refractivity contribution in [1.82, 2.24) is 15.2 Å². The zero-order valence-corrected chi connectivity index (χ0v) is 17.5. The number of rotatable bonds is 8. The number of aryl methyl sites for hydroxylation is 1. The van der Waals surface area contributed by atoms with Gasteiger partial charge in [0.1, 0.15) is 5.82 Å². The third kappa shape index (κ3) is 5.75. The fraction of sp³-hybridized carbons (Fsp3) is 0.524. The highest BCUT2D eigenvalue weighted by Gasteiger charge is 2.25. The molecule has 5 nitrogen and oxygen atoms in total. The molecule has 1 amide bonds. The molecule has 0 atom stereocenters. The van der Waals surface area contributed by atoms with Crippen LogP contribution in [-0.4, -0.2) is 49.0 Å². The summed E-state index contributed by atoms with van der Waals surface area (Å²) >= 11 is 1.68. The first-order valence-electron chi connectivity index (χ1n) is 9.89. The smallest absolute Gasteiger partial charge is 0.223 e. The molecule has 2 aromatic rings. The molecular weight excluding hydrogens is 375 g/mol. The maximum absolute atomic E-state index is 13.8. The molecule has 0 radical (unpaired) electrons.